The third-order valence-electron chi connectivity index (χ3n) is 1.24. The molecule has 0 amide bonds. The molecule has 0 fully saturated rings. The summed E-state index contributed by atoms with van der Waals surface area (Å²) in [6.45, 7) is -2.84. The van der Waals surface area contributed by atoms with E-state index in [1.807, 2.05) is 0 Å². The minimum atomic E-state index is -2.84. The Morgan fingerprint density at radius 1 is 1.15 bits per heavy atom. The van der Waals surface area contributed by atoms with Crippen LogP contribution in [0.4, 0.5) is 8.78 Å². The van der Waals surface area contributed by atoms with Gasteiger partial charge in [-0.05, 0) is 24.3 Å². The first-order valence-electron chi connectivity index (χ1n) is 3.40. The van der Waals surface area contributed by atoms with E-state index in [2.05, 4.69) is 9.39 Å². The van der Waals surface area contributed by atoms with Crippen LogP contribution < -0.4 is 9.39 Å². The van der Waals surface area contributed by atoms with E-state index in [9.17, 15) is 8.78 Å². The summed E-state index contributed by atoms with van der Waals surface area (Å²) in [6, 6.07) is 5.41. The SMILES string of the molecule is O[B]Oc1ccc(OC(F)F)cc1. The zero-order chi connectivity index (χ0) is 9.68. The third-order valence-corrected chi connectivity index (χ3v) is 1.24. The number of benzene rings is 1. The molecule has 1 radical (unpaired) electrons. The minimum Gasteiger partial charge on any atom is -0.537 e. The van der Waals surface area contributed by atoms with Crippen molar-refractivity contribution in [1.29, 1.82) is 0 Å². The second-order valence-corrected chi connectivity index (χ2v) is 2.07. The molecule has 0 unspecified atom stereocenters. The van der Waals surface area contributed by atoms with Gasteiger partial charge in [-0.15, -0.1) is 0 Å². The molecule has 0 aromatic heterocycles. The Kier molecular flexibility index (Phi) is 3.51. The molecule has 0 aliphatic carbocycles. The van der Waals surface area contributed by atoms with E-state index in [-0.39, 0.29) is 5.75 Å². The number of halogens is 2. The molecule has 69 valence electrons. The number of alkyl halides is 2. The highest BCUT2D eigenvalue weighted by molar-refractivity contribution is 6.17. The molecule has 0 atom stereocenters. The number of hydrogen-bond donors (Lipinski definition) is 1. The van der Waals surface area contributed by atoms with Crippen LogP contribution in [0.2, 0.25) is 0 Å². The minimum absolute atomic E-state index is 0.0419. The molecule has 13 heavy (non-hydrogen) atoms. The Bertz CT molecular complexity index is 252. The Morgan fingerprint density at radius 3 is 2.15 bits per heavy atom. The van der Waals surface area contributed by atoms with Crippen molar-refractivity contribution in [2.24, 2.45) is 0 Å². The number of hydrogen-bond acceptors (Lipinski definition) is 3. The fourth-order valence-corrected chi connectivity index (χ4v) is 0.761. The molecule has 1 N–H and O–H groups in total. The van der Waals surface area contributed by atoms with Gasteiger partial charge in [0.2, 0.25) is 0 Å². The summed E-state index contributed by atoms with van der Waals surface area (Å²) in [4.78, 5) is 0. The average Bonchev–Trinajstić information content (AvgIpc) is 2.08. The highest BCUT2D eigenvalue weighted by Gasteiger charge is 2.03. The molecule has 0 spiro atoms. The zero-order valence-electron chi connectivity index (χ0n) is 6.48. The van der Waals surface area contributed by atoms with Crippen LogP contribution in [0.1, 0.15) is 0 Å². The van der Waals surface area contributed by atoms with Gasteiger partial charge in [0.25, 0.3) is 0 Å². The summed E-state index contributed by atoms with van der Waals surface area (Å²) >= 11 is 0. The topological polar surface area (TPSA) is 38.7 Å². The van der Waals surface area contributed by atoms with Crippen LogP contribution in [0, 0.1) is 0 Å². The molecule has 3 nitrogen and oxygen atoms in total. The molecule has 0 aliphatic rings. The van der Waals surface area contributed by atoms with Crippen LogP contribution in [0.15, 0.2) is 24.3 Å². The monoisotopic (exact) mass is 187 g/mol. The molecule has 0 aliphatic heterocycles. The average molecular weight is 187 g/mol. The summed E-state index contributed by atoms with van der Waals surface area (Å²) in [5.74, 6) is 0.379. The normalized spacial score (nSPS) is 9.85. The Morgan fingerprint density at radius 2 is 1.69 bits per heavy atom. The summed E-state index contributed by atoms with van der Waals surface area (Å²) < 4.78 is 32.0. The van der Waals surface area contributed by atoms with Crippen LogP contribution in [0.5, 0.6) is 11.5 Å². The van der Waals surface area contributed by atoms with E-state index in [4.69, 9.17) is 5.02 Å². The van der Waals surface area contributed by atoms with Gasteiger partial charge < -0.3 is 14.4 Å². The van der Waals surface area contributed by atoms with E-state index in [0.717, 1.165) is 0 Å². The van der Waals surface area contributed by atoms with Crippen molar-refractivity contribution in [3.05, 3.63) is 24.3 Å². The van der Waals surface area contributed by atoms with Gasteiger partial charge in [0.1, 0.15) is 11.5 Å². The summed E-state index contributed by atoms with van der Waals surface area (Å²) in [5, 5.41) is 8.24. The lowest BCUT2D eigenvalue weighted by atomic mass is 10.3. The standard InChI is InChI=1S/C7H6BF2O3/c9-7(10)12-5-1-3-6(4-2-5)13-8-11/h1-4,7,11H. The van der Waals surface area contributed by atoms with Crippen molar-refractivity contribution in [1.82, 2.24) is 0 Å². The maximum absolute atomic E-state index is 11.7. The smallest absolute Gasteiger partial charge is 0.537 e. The highest BCUT2D eigenvalue weighted by atomic mass is 19.3. The Labute approximate surface area is 74.2 Å². The maximum Gasteiger partial charge on any atom is 0.569 e. The molecule has 0 saturated heterocycles. The van der Waals surface area contributed by atoms with Crippen molar-refractivity contribution < 1.29 is 23.2 Å². The Balaban J connectivity index is 2.59. The van der Waals surface area contributed by atoms with Crippen molar-refractivity contribution in [2.75, 3.05) is 0 Å². The summed E-state index contributed by atoms with van der Waals surface area (Å²) in [5.41, 5.74) is 0. The first-order chi connectivity index (χ1) is 6.22. The largest absolute Gasteiger partial charge is 0.569 e. The van der Waals surface area contributed by atoms with E-state index < -0.39 is 6.61 Å². The molecule has 0 saturated carbocycles. The van der Waals surface area contributed by atoms with Gasteiger partial charge in [-0.1, -0.05) is 0 Å². The van der Waals surface area contributed by atoms with E-state index in [0.29, 0.717) is 13.4 Å². The highest BCUT2D eigenvalue weighted by Crippen LogP contribution is 2.18. The van der Waals surface area contributed by atoms with Gasteiger partial charge in [-0.2, -0.15) is 8.78 Å². The molecule has 1 aromatic carbocycles. The molecular weight excluding hydrogens is 181 g/mol. The molecule has 1 rings (SSSR count). The van der Waals surface area contributed by atoms with Crippen LogP contribution >= 0.6 is 0 Å². The number of rotatable bonds is 4. The second kappa shape index (κ2) is 4.66. The van der Waals surface area contributed by atoms with Crippen LogP contribution in [-0.4, -0.2) is 19.3 Å². The predicted molar refractivity (Wildman–Crippen MR) is 41.7 cm³/mol. The second-order valence-electron chi connectivity index (χ2n) is 2.07. The predicted octanol–water partition coefficient (Wildman–Crippen LogP) is 1.19. The first-order valence-corrected chi connectivity index (χ1v) is 3.40. The van der Waals surface area contributed by atoms with Gasteiger partial charge in [0.05, 0.1) is 0 Å². The lowest BCUT2D eigenvalue weighted by Gasteiger charge is -2.05. The van der Waals surface area contributed by atoms with Crippen LogP contribution in [0.3, 0.4) is 0 Å². The zero-order valence-corrected chi connectivity index (χ0v) is 6.48. The van der Waals surface area contributed by atoms with E-state index in [1.54, 1.807) is 0 Å². The summed E-state index contributed by atoms with van der Waals surface area (Å²) in [7, 11) is 0.503. The van der Waals surface area contributed by atoms with Crippen LogP contribution in [-0.2, 0) is 0 Å². The van der Waals surface area contributed by atoms with Crippen molar-refractivity contribution >= 4 is 7.69 Å². The fourth-order valence-electron chi connectivity index (χ4n) is 0.761. The van der Waals surface area contributed by atoms with Gasteiger partial charge in [-0.3, -0.25) is 0 Å². The van der Waals surface area contributed by atoms with Crippen molar-refractivity contribution in [3.63, 3.8) is 0 Å². The fraction of sp³-hybridized carbons (Fsp3) is 0.143. The molecule has 1 aromatic rings. The number of ether oxygens (including phenoxy) is 1. The third kappa shape index (κ3) is 3.29. The quantitative estimate of drug-likeness (QED) is 0.719. The van der Waals surface area contributed by atoms with Gasteiger partial charge in [0, 0.05) is 0 Å². The molecule has 6 heteroatoms. The molecule has 0 bridgehead atoms. The van der Waals surface area contributed by atoms with Gasteiger partial charge in [0.15, 0.2) is 0 Å². The first kappa shape index (κ1) is 9.79. The molecular formula is C7H6BF2O3. The van der Waals surface area contributed by atoms with E-state index in [1.165, 1.54) is 24.3 Å². The maximum atomic E-state index is 11.7. The van der Waals surface area contributed by atoms with Crippen molar-refractivity contribution in [2.45, 2.75) is 6.61 Å². The lowest BCUT2D eigenvalue weighted by molar-refractivity contribution is -0.0498. The molecule has 0 heterocycles. The van der Waals surface area contributed by atoms with Gasteiger partial charge in [-0.25, -0.2) is 0 Å². The summed E-state index contributed by atoms with van der Waals surface area (Å²) in [6.07, 6.45) is 0. The Hall–Kier alpha value is -1.30. The van der Waals surface area contributed by atoms with E-state index >= 15 is 0 Å². The van der Waals surface area contributed by atoms with Crippen molar-refractivity contribution in [3.8, 4) is 11.5 Å². The van der Waals surface area contributed by atoms with Crippen LogP contribution in [0.25, 0.3) is 0 Å². The van der Waals surface area contributed by atoms with Gasteiger partial charge >= 0.3 is 14.3 Å². The lowest BCUT2D eigenvalue weighted by Crippen LogP contribution is -2.02.